The highest BCUT2D eigenvalue weighted by atomic mass is 79.9. The van der Waals surface area contributed by atoms with Crippen molar-refractivity contribution in [3.63, 3.8) is 0 Å². The van der Waals surface area contributed by atoms with Gasteiger partial charge in [0, 0.05) is 16.8 Å². The second-order valence-electron chi connectivity index (χ2n) is 4.59. The molecule has 0 amide bonds. The van der Waals surface area contributed by atoms with E-state index in [2.05, 4.69) is 21.2 Å². The molecule has 0 spiro atoms. The molecule has 1 fully saturated rings. The van der Waals surface area contributed by atoms with Gasteiger partial charge >= 0.3 is 0 Å². The second kappa shape index (κ2) is 5.27. The summed E-state index contributed by atoms with van der Waals surface area (Å²) in [7, 11) is 0. The monoisotopic (exact) mass is 299 g/mol. The molecule has 0 bridgehead atoms. The topological polar surface area (TPSA) is 29.1 Å². The van der Waals surface area contributed by atoms with Crippen molar-refractivity contribution in [3.8, 4) is 0 Å². The third-order valence-corrected chi connectivity index (χ3v) is 3.89. The first-order valence-electron chi connectivity index (χ1n) is 5.75. The van der Waals surface area contributed by atoms with E-state index in [0.717, 1.165) is 17.6 Å². The van der Waals surface area contributed by atoms with Crippen LogP contribution in [0.4, 0.5) is 4.39 Å². The Morgan fingerprint density at radius 1 is 1.59 bits per heavy atom. The van der Waals surface area contributed by atoms with E-state index in [1.165, 1.54) is 6.07 Å². The fourth-order valence-corrected chi connectivity index (χ4v) is 2.36. The summed E-state index contributed by atoms with van der Waals surface area (Å²) in [6, 6.07) is 4.71. The summed E-state index contributed by atoms with van der Waals surface area (Å²) >= 11 is 3.29. The Morgan fingerprint density at radius 2 is 2.29 bits per heavy atom. The molecule has 2 rings (SSSR count). The molecule has 17 heavy (non-hydrogen) atoms. The van der Waals surface area contributed by atoms with E-state index in [1.807, 2.05) is 6.92 Å². The minimum atomic E-state index is -0.305. The van der Waals surface area contributed by atoms with Gasteiger partial charge in [-0.3, -0.25) is 4.79 Å². The molecule has 0 aromatic heterocycles. The number of nitrogens with one attached hydrogen (secondary N) is 1. The van der Waals surface area contributed by atoms with Gasteiger partial charge in [0.15, 0.2) is 0 Å². The molecule has 0 saturated carbocycles. The van der Waals surface area contributed by atoms with Crippen LogP contribution in [0.2, 0.25) is 0 Å². The SMILES string of the molecule is CC(C(=O)Cc1cc(Br)ccc1F)C1CNC1. The summed E-state index contributed by atoms with van der Waals surface area (Å²) in [5.74, 6) is 0.237. The molecule has 0 radical (unpaired) electrons. The van der Waals surface area contributed by atoms with Gasteiger partial charge in [0.2, 0.25) is 0 Å². The van der Waals surface area contributed by atoms with Crippen LogP contribution in [0.25, 0.3) is 0 Å². The van der Waals surface area contributed by atoms with E-state index in [0.29, 0.717) is 11.5 Å². The van der Waals surface area contributed by atoms with Crippen molar-refractivity contribution in [1.82, 2.24) is 5.32 Å². The van der Waals surface area contributed by atoms with Gasteiger partial charge in [0.05, 0.1) is 0 Å². The maximum Gasteiger partial charge on any atom is 0.140 e. The molecule has 92 valence electrons. The first-order valence-corrected chi connectivity index (χ1v) is 6.54. The van der Waals surface area contributed by atoms with E-state index >= 15 is 0 Å². The minimum Gasteiger partial charge on any atom is -0.316 e. The van der Waals surface area contributed by atoms with Crippen molar-refractivity contribution >= 4 is 21.7 Å². The summed E-state index contributed by atoms with van der Waals surface area (Å²) < 4.78 is 14.3. The van der Waals surface area contributed by atoms with Crippen molar-refractivity contribution in [2.45, 2.75) is 13.3 Å². The van der Waals surface area contributed by atoms with Gasteiger partial charge in [-0.05, 0) is 42.8 Å². The van der Waals surface area contributed by atoms with Crippen molar-refractivity contribution in [2.75, 3.05) is 13.1 Å². The van der Waals surface area contributed by atoms with Crippen LogP contribution in [0.3, 0.4) is 0 Å². The van der Waals surface area contributed by atoms with Gasteiger partial charge in [0.25, 0.3) is 0 Å². The molecule has 1 aromatic rings. The van der Waals surface area contributed by atoms with Crippen LogP contribution in [0.15, 0.2) is 22.7 Å². The number of hydrogen-bond acceptors (Lipinski definition) is 2. The lowest BCUT2D eigenvalue weighted by atomic mass is 9.84. The first-order chi connectivity index (χ1) is 8.08. The smallest absolute Gasteiger partial charge is 0.140 e. The highest BCUT2D eigenvalue weighted by molar-refractivity contribution is 9.10. The molecule has 1 aromatic carbocycles. The maximum atomic E-state index is 13.5. The molecule has 1 saturated heterocycles. The van der Waals surface area contributed by atoms with Crippen LogP contribution in [-0.2, 0) is 11.2 Å². The number of benzene rings is 1. The molecule has 4 heteroatoms. The third kappa shape index (κ3) is 2.93. The fourth-order valence-electron chi connectivity index (χ4n) is 1.95. The Balaban J connectivity index is 2.04. The lowest BCUT2D eigenvalue weighted by molar-refractivity contribution is -0.123. The maximum absolute atomic E-state index is 13.5. The number of ketones is 1. The van der Waals surface area contributed by atoms with E-state index in [1.54, 1.807) is 12.1 Å². The van der Waals surface area contributed by atoms with E-state index in [-0.39, 0.29) is 23.9 Å². The van der Waals surface area contributed by atoms with Crippen molar-refractivity contribution in [3.05, 3.63) is 34.1 Å². The highest BCUT2D eigenvalue weighted by Crippen LogP contribution is 2.21. The lowest BCUT2D eigenvalue weighted by Gasteiger charge is -2.31. The average molecular weight is 300 g/mol. The Bertz CT molecular complexity index is 431. The van der Waals surface area contributed by atoms with E-state index < -0.39 is 0 Å². The van der Waals surface area contributed by atoms with Gasteiger partial charge in [-0.15, -0.1) is 0 Å². The molecular formula is C13H15BrFNO. The Labute approximate surface area is 109 Å². The molecule has 0 aliphatic carbocycles. The molecule has 1 heterocycles. The predicted octanol–water partition coefficient (Wildman–Crippen LogP) is 2.56. The summed E-state index contributed by atoms with van der Waals surface area (Å²) in [6.45, 7) is 3.73. The molecule has 1 aliphatic heterocycles. The number of carbonyl (C=O) groups is 1. The Hall–Kier alpha value is -0.740. The minimum absolute atomic E-state index is 0.00892. The van der Waals surface area contributed by atoms with E-state index in [9.17, 15) is 9.18 Å². The molecule has 1 atom stereocenters. The number of carbonyl (C=O) groups excluding carboxylic acids is 1. The lowest BCUT2D eigenvalue weighted by Crippen LogP contribution is -2.47. The second-order valence-corrected chi connectivity index (χ2v) is 5.50. The number of halogens is 2. The van der Waals surface area contributed by atoms with Gasteiger partial charge in [-0.2, -0.15) is 0 Å². The standard InChI is InChI=1S/C13H15BrFNO/c1-8(10-6-16-7-10)13(17)5-9-4-11(14)2-3-12(9)15/h2-4,8,10,16H,5-7H2,1H3. The summed E-state index contributed by atoms with van der Waals surface area (Å²) in [4.78, 5) is 12.0. The van der Waals surface area contributed by atoms with Gasteiger partial charge in [-0.1, -0.05) is 22.9 Å². The molecular weight excluding hydrogens is 285 g/mol. The van der Waals surface area contributed by atoms with Gasteiger partial charge < -0.3 is 5.32 Å². The summed E-state index contributed by atoms with van der Waals surface area (Å²) in [5, 5.41) is 3.15. The van der Waals surface area contributed by atoms with Crippen LogP contribution in [0.5, 0.6) is 0 Å². The zero-order valence-corrected chi connectivity index (χ0v) is 11.3. The average Bonchev–Trinajstić information content (AvgIpc) is 2.21. The number of Topliss-reactive ketones (excluding diaryl/α,β-unsaturated/α-hetero) is 1. The summed E-state index contributed by atoms with van der Waals surface area (Å²) in [6.07, 6.45) is 0.183. The predicted molar refractivity (Wildman–Crippen MR) is 68.3 cm³/mol. The number of hydrogen-bond donors (Lipinski definition) is 1. The van der Waals surface area contributed by atoms with Crippen LogP contribution in [0, 0.1) is 17.7 Å². The van der Waals surface area contributed by atoms with Crippen LogP contribution in [-0.4, -0.2) is 18.9 Å². The first kappa shape index (κ1) is 12.7. The van der Waals surface area contributed by atoms with Crippen molar-refractivity contribution in [1.29, 1.82) is 0 Å². The van der Waals surface area contributed by atoms with Crippen LogP contribution in [0.1, 0.15) is 12.5 Å². The normalized spacial score (nSPS) is 17.6. The molecule has 1 N–H and O–H groups in total. The fraction of sp³-hybridized carbons (Fsp3) is 0.462. The van der Waals surface area contributed by atoms with Gasteiger partial charge in [-0.25, -0.2) is 4.39 Å². The molecule has 1 aliphatic rings. The summed E-state index contributed by atoms with van der Waals surface area (Å²) in [5.41, 5.74) is 0.475. The largest absolute Gasteiger partial charge is 0.316 e. The van der Waals surface area contributed by atoms with Crippen LogP contribution < -0.4 is 5.32 Å². The quantitative estimate of drug-likeness (QED) is 0.926. The third-order valence-electron chi connectivity index (χ3n) is 3.40. The van der Waals surface area contributed by atoms with Crippen molar-refractivity contribution in [2.24, 2.45) is 11.8 Å². The zero-order valence-electron chi connectivity index (χ0n) is 9.67. The van der Waals surface area contributed by atoms with Crippen LogP contribution >= 0.6 is 15.9 Å². The highest BCUT2D eigenvalue weighted by Gasteiger charge is 2.28. The van der Waals surface area contributed by atoms with E-state index in [4.69, 9.17) is 0 Å². The molecule has 1 unspecified atom stereocenters. The molecule has 2 nitrogen and oxygen atoms in total. The van der Waals surface area contributed by atoms with Gasteiger partial charge in [0.1, 0.15) is 11.6 Å². The number of rotatable bonds is 4. The Kier molecular flexibility index (Phi) is 3.94. The zero-order chi connectivity index (χ0) is 12.4. The Morgan fingerprint density at radius 3 is 2.88 bits per heavy atom. The van der Waals surface area contributed by atoms with Crippen molar-refractivity contribution < 1.29 is 9.18 Å².